The number of carbonyl (C=O) groups excluding carboxylic acids is 5. The van der Waals surface area contributed by atoms with Gasteiger partial charge in [-0.1, -0.05) is 12.5 Å². The molecule has 7 rings (SSSR count). The van der Waals surface area contributed by atoms with E-state index in [0.717, 1.165) is 34.1 Å². The number of allylic oxidation sites excluding steroid dienone is 1. The van der Waals surface area contributed by atoms with Crippen LogP contribution in [-0.2, 0) is 28.7 Å². The summed E-state index contributed by atoms with van der Waals surface area (Å²) in [4.78, 5) is 71.1. The number of imide groups is 2. The highest BCUT2D eigenvalue weighted by Crippen LogP contribution is 2.68. The summed E-state index contributed by atoms with van der Waals surface area (Å²) in [7, 11) is 0. The summed E-state index contributed by atoms with van der Waals surface area (Å²) in [6.07, 6.45) is 0. The molecule has 200 valence electrons. The van der Waals surface area contributed by atoms with Gasteiger partial charge in [-0.3, -0.25) is 29.0 Å². The maximum Gasteiger partial charge on any atom is 0.334 e. The van der Waals surface area contributed by atoms with Crippen molar-refractivity contribution in [1.29, 1.82) is 0 Å². The first-order valence-corrected chi connectivity index (χ1v) is 12.7. The second-order valence-corrected chi connectivity index (χ2v) is 10.6. The summed E-state index contributed by atoms with van der Waals surface area (Å²) in [5, 5.41) is 0. The molecule has 3 fully saturated rings. The quantitative estimate of drug-likeness (QED) is 0.440. The molecule has 0 radical (unpaired) electrons. The second-order valence-electron chi connectivity index (χ2n) is 10.6. The van der Waals surface area contributed by atoms with Gasteiger partial charge in [0.15, 0.2) is 0 Å². The zero-order chi connectivity index (χ0) is 28.0. The first-order valence-electron chi connectivity index (χ1n) is 12.7. The first kappa shape index (κ1) is 25.1. The van der Waals surface area contributed by atoms with E-state index in [1.807, 2.05) is 0 Å². The van der Waals surface area contributed by atoms with Crippen LogP contribution in [0.4, 0.5) is 20.2 Å². The highest BCUT2D eigenvalue weighted by atomic mass is 19.1. The molecule has 8 nitrogen and oxygen atoms in total. The minimum Gasteiger partial charge on any atom is -0.463 e. The summed E-state index contributed by atoms with van der Waals surface area (Å²) < 4.78 is 32.6. The van der Waals surface area contributed by atoms with E-state index >= 15 is 0 Å². The average Bonchev–Trinajstić information content (AvgIpc) is 3.32. The number of hydrogen-bond acceptors (Lipinski definition) is 6. The van der Waals surface area contributed by atoms with Gasteiger partial charge in [-0.25, -0.2) is 13.6 Å². The molecule has 2 aromatic carbocycles. The number of rotatable bonds is 4. The monoisotopic (exact) mass is 534 g/mol. The lowest BCUT2D eigenvalue weighted by molar-refractivity contribution is -0.155. The van der Waals surface area contributed by atoms with Gasteiger partial charge in [0.1, 0.15) is 11.6 Å². The van der Waals surface area contributed by atoms with Gasteiger partial charge in [-0.2, -0.15) is 0 Å². The van der Waals surface area contributed by atoms with Crippen molar-refractivity contribution < 1.29 is 37.5 Å². The number of ether oxygens (including phenoxy) is 1. The summed E-state index contributed by atoms with van der Waals surface area (Å²) in [6.45, 7) is 4.88. The molecule has 2 saturated heterocycles. The van der Waals surface area contributed by atoms with Crippen LogP contribution in [0.1, 0.15) is 20.8 Å². The Bertz CT molecular complexity index is 1410. The molecule has 0 spiro atoms. The Morgan fingerprint density at radius 2 is 1.18 bits per heavy atom. The molecule has 4 amide bonds. The number of hydrogen-bond donors (Lipinski definition) is 0. The smallest absolute Gasteiger partial charge is 0.334 e. The normalized spacial score (nSPS) is 31.3. The number of carbonyl (C=O) groups is 5. The zero-order valence-electron chi connectivity index (χ0n) is 21.3. The van der Waals surface area contributed by atoms with E-state index in [2.05, 4.69) is 0 Å². The third-order valence-electron chi connectivity index (χ3n) is 8.85. The standard InChI is InChI=1S/C29H24F2N2O6/c1-4-39-28(38)21-13(2)18-19-22(26(36)32(24(19)34)16-9-5-14(30)6-10-16)29(21,3)23-20(18)25(35)33(27(23)37)17-11-7-15(31)8-12-17/h5-12,18-20,22-23H,4H2,1-3H3/t18?,19-,20+,22-,23-,29?/m0/s1. The number of anilines is 2. The van der Waals surface area contributed by atoms with Crippen LogP contribution >= 0.6 is 0 Å². The van der Waals surface area contributed by atoms with Crippen molar-refractivity contribution in [2.75, 3.05) is 16.4 Å². The zero-order valence-corrected chi connectivity index (χ0v) is 21.3. The van der Waals surface area contributed by atoms with E-state index in [1.54, 1.807) is 20.8 Å². The number of nitrogens with zero attached hydrogens (tertiary/aromatic N) is 2. The summed E-state index contributed by atoms with van der Waals surface area (Å²) in [6, 6.07) is 9.76. The van der Waals surface area contributed by atoms with Crippen LogP contribution in [0.3, 0.4) is 0 Å². The minimum absolute atomic E-state index is 0.0434. The van der Waals surface area contributed by atoms with Gasteiger partial charge < -0.3 is 4.74 Å². The Morgan fingerprint density at radius 1 is 0.769 bits per heavy atom. The molecule has 2 bridgehead atoms. The molecule has 0 N–H and O–H groups in total. The molecular formula is C29H24F2N2O6. The van der Waals surface area contributed by atoms with Crippen molar-refractivity contribution in [3.8, 4) is 0 Å². The second kappa shape index (κ2) is 8.39. The minimum atomic E-state index is -1.55. The molecular weight excluding hydrogens is 510 g/mol. The van der Waals surface area contributed by atoms with E-state index in [4.69, 9.17) is 4.74 Å². The maximum absolute atomic E-state index is 14.0. The molecule has 1 saturated carbocycles. The average molecular weight is 535 g/mol. The third kappa shape index (κ3) is 3.11. The SMILES string of the molecule is CCOC(=O)C1=C(C)C2[C@H]3C(=O)N(c4ccc(F)cc4)C(=O)[C@H]3C1(C)[C@@H]1C(=O)N(c3ccc(F)cc3)C(=O)[C@@H]21. The molecule has 6 atom stereocenters. The molecule has 0 aromatic heterocycles. The van der Waals surface area contributed by atoms with Gasteiger partial charge in [0.05, 0.1) is 41.7 Å². The van der Waals surface area contributed by atoms with Crippen molar-refractivity contribution in [2.45, 2.75) is 20.8 Å². The van der Waals surface area contributed by atoms with Gasteiger partial charge >= 0.3 is 5.97 Å². The van der Waals surface area contributed by atoms with E-state index in [9.17, 15) is 32.8 Å². The van der Waals surface area contributed by atoms with Crippen LogP contribution in [0, 0.1) is 46.6 Å². The van der Waals surface area contributed by atoms with Crippen LogP contribution < -0.4 is 9.80 Å². The lowest BCUT2D eigenvalue weighted by atomic mass is 9.43. The molecule has 2 aliphatic heterocycles. The van der Waals surface area contributed by atoms with E-state index in [1.165, 1.54) is 24.3 Å². The summed E-state index contributed by atoms with van der Waals surface area (Å²) in [5.74, 6) is -9.42. The molecule has 2 heterocycles. The third-order valence-corrected chi connectivity index (χ3v) is 8.85. The molecule has 2 aromatic rings. The fourth-order valence-electron chi connectivity index (χ4n) is 7.50. The Hall–Kier alpha value is -4.21. The fourth-order valence-corrected chi connectivity index (χ4v) is 7.50. The predicted molar refractivity (Wildman–Crippen MR) is 133 cm³/mol. The lowest BCUT2D eigenvalue weighted by Gasteiger charge is -2.55. The van der Waals surface area contributed by atoms with Crippen molar-refractivity contribution in [3.05, 3.63) is 71.3 Å². The van der Waals surface area contributed by atoms with Crippen LogP contribution in [0.5, 0.6) is 0 Å². The Morgan fingerprint density at radius 3 is 1.56 bits per heavy atom. The highest BCUT2D eigenvalue weighted by Gasteiger charge is 2.77. The highest BCUT2D eigenvalue weighted by molar-refractivity contribution is 6.27. The molecule has 2 unspecified atom stereocenters. The van der Waals surface area contributed by atoms with Gasteiger partial charge in [-0.15, -0.1) is 0 Å². The van der Waals surface area contributed by atoms with Gasteiger partial charge in [0.2, 0.25) is 23.6 Å². The number of amides is 4. The van der Waals surface area contributed by atoms with Crippen molar-refractivity contribution in [3.63, 3.8) is 0 Å². The van der Waals surface area contributed by atoms with Crippen LogP contribution in [-0.4, -0.2) is 36.2 Å². The first-order chi connectivity index (χ1) is 18.5. The maximum atomic E-state index is 14.0. The van der Waals surface area contributed by atoms with E-state index in [-0.39, 0.29) is 23.6 Å². The number of benzene rings is 2. The predicted octanol–water partition coefficient (Wildman–Crippen LogP) is 3.41. The summed E-state index contributed by atoms with van der Waals surface area (Å²) in [5.41, 5.74) is -0.669. The Labute approximate surface area is 222 Å². The fraction of sp³-hybridized carbons (Fsp3) is 0.345. The topological polar surface area (TPSA) is 101 Å². The lowest BCUT2D eigenvalue weighted by Crippen LogP contribution is -2.61. The summed E-state index contributed by atoms with van der Waals surface area (Å²) >= 11 is 0. The van der Waals surface area contributed by atoms with Crippen LogP contribution in [0.25, 0.3) is 0 Å². The number of halogens is 2. The van der Waals surface area contributed by atoms with Gasteiger partial charge in [-0.05, 0) is 62.4 Å². The molecule has 10 heteroatoms. The van der Waals surface area contributed by atoms with Crippen LogP contribution in [0.15, 0.2) is 59.7 Å². The van der Waals surface area contributed by atoms with Gasteiger partial charge in [0.25, 0.3) is 0 Å². The van der Waals surface area contributed by atoms with Crippen molar-refractivity contribution >= 4 is 41.0 Å². The van der Waals surface area contributed by atoms with Crippen LogP contribution in [0.2, 0.25) is 0 Å². The number of esters is 1. The van der Waals surface area contributed by atoms with Gasteiger partial charge in [0, 0.05) is 16.9 Å². The molecule has 5 aliphatic rings. The van der Waals surface area contributed by atoms with Crippen molar-refractivity contribution in [1.82, 2.24) is 0 Å². The van der Waals surface area contributed by atoms with E-state index < -0.39 is 76.2 Å². The Balaban J connectivity index is 1.54. The molecule has 3 aliphatic carbocycles. The Kier molecular flexibility index (Phi) is 5.40. The van der Waals surface area contributed by atoms with Crippen molar-refractivity contribution in [2.24, 2.45) is 35.0 Å². The molecule has 39 heavy (non-hydrogen) atoms. The largest absolute Gasteiger partial charge is 0.463 e. The van der Waals surface area contributed by atoms with E-state index in [0.29, 0.717) is 5.57 Å².